The zero-order valence-electron chi connectivity index (χ0n) is 19.0. The monoisotopic (exact) mass is 433 g/mol. The van der Waals surface area contributed by atoms with E-state index >= 15 is 0 Å². The molecule has 0 fully saturated rings. The summed E-state index contributed by atoms with van der Waals surface area (Å²) in [5.41, 5.74) is 0. The van der Waals surface area contributed by atoms with E-state index in [1.165, 1.54) is 133 Å². The van der Waals surface area contributed by atoms with Crippen molar-refractivity contribution in [3.05, 3.63) is 0 Å². The van der Waals surface area contributed by atoms with Crippen LogP contribution in [0.1, 0.15) is 130 Å². The zero-order chi connectivity index (χ0) is 18.6. The first-order chi connectivity index (χ1) is 12.2. The second kappa shape index (κ2) is 21.7. The normalized spacial score (nSPS) is 11.5. The maximum atomic E-state index is 2.39. The summed E-state index contributed by atoms with van der Waals surface area (Å²) < 4.78 is 1.43. The lowest BCUT2D eigenvalue weighted by Gasteiger charge is -2.39. The fourth-order valence-electron chi connectivity index (χ4n) is 4.43. The second-order valence-corrected chi connectivity index (χ2v) is 8.48. The Morgan fingerprint density at radius 1 is 0.346 bits per heavy atom. The highest BCUT2D eigenvalue weighted by atomic mass is 79.9. The molecule has 0 aromatic carbocycles. The predicted octanol–water partition coefficient (Wildman–Crippen LogP) is 5.13. The van der Waals surface area contributed by atoms with E-state index in [9.17, 15) is 0 Å². The number of halogens is 1. The summed E-state index contributed by atoms with van der Waals surface area (Å²) >= 11 is 0. The van der Waals surface area contributed by atoms with Gasteiger partial charge < -0.3 is 21.5 Å². The summed E-state index contributed by atoms with van der Waals surface area (Å²) in [6.07, 6.45) is 22.9. The minimum Gasteiger partial charge on any atom is -1.00 e. The molecule has 0 rings (SSSR count). The number of unbranched alkanes of at least 4 members (excludes halogenated alkanes) is 12. The molecule has 0 heterocycles. The standard InChI is InChI=1S/C24H52N.BrH/c1-5-9-11-13-15-17-19-23-25(21-7-3,22-8-4)24-20-18-16-14-12-10-6-2;/h5-24H2,1-4H3;1H/q+1;/p-1. The Hall–Kier alpha value is 0.440. The Morgan fingerprint density at radius 2 is 0.654 bits per heavy atom. The lowest BCUT2D eigenvalue weighted by Crippen LogP contribution is -3.00. The van der Waals surface area contributed by atoms with Gasteiger partial charge in [-0.05, 0) is 38.5 Å². The van der Waals surface area contributed by atoms with Crippen LogP contribution in [0.2, 0.25) is 0 Å². The van der Waals surface area contributed by atoms with Gasteiger partial charge in [0.25, 0.3) is 0 Å². The van der Waals surface area contributed by atoms with E-state index in [1.807, 2.05) is 0 Å². The van der Waals surface area contributed by atoms with Crippen molar-refractivity contribution in [2.75, 3.05) is 26.2 Å². The molecule has 160 valence electrons. The molecule has 0 saturated carbocycles. The molecule has 0 atom stereocenters. The van der Waals surface area contributed by atoms with Crippen LogP contribution in [0.5, 0.6) is 0 Å². The third-order valence-electron chi connectivity index (χ3n) is 5.87. The molecular weight excluding hydrogens is 382 g/mol. The first kappa shape index (κ1) is 28.6. The average Bonchev–Trinajstić information content (AvgIpc) is 2.61. The van der Waals surface area contributed by atoms with Crippen molar-refractivity contribution in [3.8, 4) is 0 Å². The van der Waals surface area contributed by atoms with Gasteiger partial charge in [0.1, 0.15) is 0 Å². The van der Waals surface area contributed by atoms with Gasteiger partial charge in [-0.3, -0.25) is 0 Å². The van der Waals surface area contributed by atoms with Gasteiger partial charge in [-0.15, -0.1) is 0 Å². The maximum Gasteiger partial charge on any atom is 0.0786 e. The summed E-state index contributed by atoms with van der Waals surface area (Å²) in [5, 5.41) is 0. The Bertz CT molecular complexity index is 229. The quantitative estimate of drug-likeness (QED) is 0.184. The molecule has 0 radical (unpaired) electrons. The van der Waals surface area contributed by atoms with Crippen LogP contribution >= 0.6 is 0 Å². The van der Waals surface area contributed by atoms with Crippen LogP contribution in [0.4, 0.5) is 0 Å². The Balaban J connectivity index is 0. The van der Waals surface area contributed by atoms with Gasteiger partial charge in [-0.1, -0.05) is 91.9 Å². The topological polar surface area (TPSA) is 0 Å². The van der Waals surface area contributed by atoms with E-state index in [-0.39, 0.29) is 17.0 Å². The highest BCUT2D eigenvalue weighted by molar-refractivity contribution is 4.52. The Labute approximate surface area is 178 Å². The third-order valence-corrected chi connectivity index (χ3v) is 5.87. The SMILES string of the molecule is CCCCCCCCC[N+](CCC)(CCC)CCCCCCCCC.[Br-]. The first-order valence-electron chi connectivity index (χ1n) is 12.1. The van der Waals surface area contributed by atoms with E-state index in [4.69, 9.17) is 0 Å². The minimum absolute atomic E-state index is 0. The largest absolute Gasteiger partial charge is 1.00 e. The third kappa shape index (κ3) is 16.6. The molecule has 0 unspecified atom stereocenters. The van der Waals surface area contributed by atoms with Crippen molar-refractivity contribution in [2.45, 2.75) is 130 Å². The van der Waals surface area contributed by atoms with E-state index in [1.54, 1.807) is 0 Å². The number of quaternary nitrogens is 1. The highest BCUT2D eigenvalue weighted by Crippen LogP contribution is 2.17. The van der Waals surface area contributed by atoms with E-state index < -0.39 is 0 Å². The first-order valence-corrected chi connectivity index (χ1v) is 12.1. The van der Waals surface area contributed by atoms with Crippen molar-refractivity contribution in [1.29, 1.82) is 0 Å². The highest BCUT2D eigenvalue weighted by Gasteiger charge is 2.24. The van der Waals surface area contributed by atoms with Gasteiger partial charge in [0.15, 0.2) is 0 Å². The van der Waals surface area contributed by atoms with Gasteiger partial charge in [-0.2, -0.15) is 0 Å². The Morgan fingerprint density at radius 3 is 0.962 bits per heavy atom. The van der Waals surface area contributed by atoms with Gasteiger partial charge in [-0.25, -0.2) is 0 Å². The fourth-order valence-corrected chi connectivity index (χ4v) is 4.43. The molecule has 0 aliphatic rings. The molecule has 2 heteroatoms. The number of rotatable bonds is 20. The molecule has 0 aliphatic carbocycles. The number of hydrogen-bond acceptors (Lipinski definition) is 0. The molecule has 0 N–H and O–H groups in total. The molecule has 0 saturated heterocycles. The summed E-state index contributed by atoms with van der Waals surface area (Å²) in [6.45, 7) is 15.1. The lowest BCUT2D eigenvalue weighted by molar-refractivity contribution is -0.928. The van der Waals surface area contributed by atoms with Gasteiger partial charge in [0, 0.05) is 0 Å². The molecule has 0 aromatic heterocycles. The predicted molar refractivity (Wildman–Crippen MR) is 116 cm³/mol. The van der Waals surface area contributed by atoms with Gasteiger partial charge in [0.2, 0.25) is 0 Å². The van der Waals surface area contributed by atoms with Gasteiger partial charge in [0.05, 0.1) is 26.2 Å². The van der Waals surface area contributed by atoms with Crippen molar-refractivity contribution < 1.29 is 21.5 Å². The van der Waals surface area contributed by atoms with Crippen LogP contribution in [0.15, 0.2) is 0 Å². The molecule has 26 heavy (non-hydrogen) atoms. The van der Waals surface area contributed by atoms with Crippen molar-refractivity contribution in [2.24, 2.45) is 0 Å². The molecule has 0 aromatic rings. The Kier molecular flexibility index (Phi) is 24.0. The van der Waals surface area contributed by atoms with Crippen molar-refractivity contribution in [3.63, 3.8) is 0 Å². The molecule has 0 spiro atoms. The summed E-state index contributed by atoms with van der Waals surface area (Å²) in [6, 6.07) is 0. The molecule has 0 amide bonds. The van der Waals surface area contributed by atoms with Gasteiger partial charge >= 0.3 is 0 Å². The van der Waals surface area contributed by atoms with Crippen molar-refractivity contribution in [1.82, 2.24) is 0 Å². The van der Waals surface area contributed by atoms with E-state index in [2.05, 4.69) is 27.7 Å². The summed E-state index contributed by atoms with van der Waals surface area (Å²) in [5.74, 6) is 0. The molecular formula is C24H52BrN. The van der Waals surface area contributed by atoms with Crippen LogP contribution in [0.3, 0.4) is 0 Å². The number of hydrogen-bond donors (Lipinski definition) is 0. The summed E-state index contributed by atoms with van der Waals surface area (Å²) in [4.78, 5) is 0. The average molecular weight is 435 g/mol. The second-order valence-electron chi connectivity index (χ2n) is 8.48. The fraction of sp³-hybridized carbons (Fsp3) is 1.00. The van der Waals surface area contributed by atoms with E-state index in [0.29, 0.717) is 0 Å². The number of nitrogens with zero attached hydrogens (tertiary/aromatic N) is 1. The summed E-state index contributed by atoms with van der Waals surface area (Å²) in [7, 11) is 0. The maximum absolute atomic E-state index is 2.39. The van der Waals surface area contributed by atoms with E-state index in [0.717, 1.165) is 0 Å². The van der Waals surface area contributed by atoms with Crippen LogP contribution in [-0.4, -0.2) is 30.7 Å². The van der Waals surface area contributed by atoms with Crippen LogP contribution in [0, 0.1) is 0 Å². The lowest BCUT2D eigenvalue weighted by atomic mass is 10.1. The zero-order valence-corrected chi connectivity index (χ0v) is 20.6. The molecule has 1 nitrogen and oxygen atoms in total. The molecule has 0 bridgehead atoms. The van der Waals surface area contributed by atoms with Crippen LogP contribution in [-0.2, 0) is 0 Å². The van der Waals surface area contributed by atoms with Crippen molar-refractivity contribution >= 4 is 0 Å². The molecule has 0 aliphatic heterocycles. The van der Waals surface area contributed by atoms with Crippen LogP contribution < -0.4 is 17.0 Å². The van der Waals surface area contributed by atoms with Crippen LogP contribution in [0.25, 0.3) is 0 Å². The smallest absolute Gasteiger partial charge is 0.0786 e. The minimum atomic E-state index is 0.